The number of carbonyl (C=O) groups is 4. The molecular weight excluding hydrogens is 358 g/mol. The number of phosphoric acid groups is 1. The number of carboxylic acids is 1. The summed E-state index contributed by atoms with van der Waals surface area (Å²) in [7, 11) is -5.45. The van der Waals surface area contributed by atoms with Gasteiger partial charge in [-0.2, -0.15) is 5.26 Å². The molecule has 2 atom stereocenters. The number of rotatable bonds is 6. The molecule has 0 saturated carbocycles. The van der Waals surface area contributed by atoms with Crippen LogP contribution in [0.5, 0.6) is 0 Å². The van der Waals surface area contributed by atoms with Gasteiger partial charge in [-0.25, -0.2) is 14.4 Å². The first-order valence-electron chi connectivity index (χ1n) is 4.84. The Morgan fingerprint density at radius 3 is 1.74 bits per heavy atom. The number of urea groups is 1. The molecule has 0 saturated heterocycles. The molecule has 0 aromatic heterocycles. The second-order valence-electron chi connectivity index (χ2n) is 3.49. The molecule has 0 aromatic carbocycles. The molecular formula is C7H12N2NaO12P. The number of nitrogens with two attached hydrogens (primary N) is 2. The molecule has 0 aliphatic rings. The molecule has 2 amide bonds. The van der Waals surface area contributed by atoms with Crippen LogP contribution in [-0.2, 0) is 28.4 Å². The summed E-state index contributed by atoms with van der Waals surface area (Å²) in [6.07, 6.45) is -2.81. The van der Waals surface area contributed by atoms with Gasteiger partial charge in [0.2, 0.25) is 0 Å². The van der Waals surface area contributed by atoms with Crippen molar-refractivity contribution in [1.82, 2.24) is 0 Å². The largest absolute Gasteiger partial charge is 1.00 e. The topological polar surface area (TPSA) is 260 Å². The zero-order valence-corrected chi connectivity index (χ0v) is 14.5. The summed E-state index contributed by atoms with van der Waals surface area (Å²) in [5.41, 5.74) is 5.45. The van der Waals surface area contributed by atoms with Crippen LogP contribution in [0.4, 0.5) is 4.79 Å². The first-order valence-corrected chi connectivity index (χ1v) is 6.34. The second-order valence-corrected chi connectivity index (χ2v) is 4.61. The van der Waals surface area contributed by atoms with Gasteiger partial charge in [-0.3, -0.25) is 9.36 Å². The molecule has 0 spiro atoms. The van der Waals surface area contributed by atoms with Gasteiger partial charge in [0.25, 0.3) is 0 Å². The van der Waals surface area contributed by atoms with E-state index in [1.165, 1.54) is 0 Å². The number of aliphatic hydroxyl groups is 1. The van der Waals surface area contributed by atoms with Gasteiger partial charge in [0.1, 0.15) is 0 Å². The standard InChI is InChI=1S/C6H9O11P.CH4N2O.Na/c7-3(16-12)1-6(11,5(9)10)2-4(8)17-18(13,14)15;2-1(3)4;/h11-12H,1-2H2,(H,9,10)(H2,13,14,15);(H4,2,3,4);/q;;+1/p-1. The third-order valence-electron chi connectivity index (χ3n) is 1.59. The molecule has 0 aromatic rings. The Hall–Kier alpha value is -1.25. The van der Waals surface area contributed by atoms with E-state index in [1.54, 1.807) is 0 Å². The van der Waals surface area contributed by atoms with E-state index >= 15 is 0 Å². The summed E-state index contributed by atoms with van der Waals surface area (Å²) in [5.74, 6) is -5.46. The van der Waals surface area contributed by atoms with Gasteiger partial charge >= 0.3 is 61.3 Å². The van der Waals surface area contributed by atoms with Crippen molar-refractivity contribution in [2.24, 2.45) is 11.5 Å². The van der Waals surface area contributed by atoms with Gasteiger partial charge in [0.05, 0.1) is 12.8 Å². The normalized spacial score (nSPS) is 14.4. The van der Waals surface area contributed by atoms with Crippen molar-refractivity contribution in [1.29, 1.82) is 0 Å². The van der Waals surface area contributed by atoms with Crippen molar-refractivity contribution in [2.45, 2.75) is 18.4 Å². The Labute approximate surface area is 149 Å². The minimum Gasteiger partial charge on any atom is -0.746 e. The summed E-state index contributed by atoms with van der Waals surface area (Å²) < 4.78 is 13.5. The molecule has 0 aliphatic carbocycles. The number of aliphatic carboxylic acids is 1. The number of carbonyl (C=O) groups excluding carboxylic acids is 3. The average molecular weight is 370 g/mol. The molecule has 2 unspecified atom stereocenters. The SMILES string of the molecule is NC(N)=O.O=C(CC(O)(CC(=O)OP(=O)([O-])O)C(=O)O)OO.[Na+]. The quantitative estimate of drug-likeness (QED) is 0.110. The minimum absolute atomic E-state index is 0. The molecule has 128 valence electrons. The number of carboxylic acid groups (broad SMARTS) is 1. The molecule has 14 nitrogen and oxygen atoms in total. The van der Waals surface area contributed by atoms with E-state index in [2.05, 4.69) is 20.9 Å². The smallest absolute Gasteiger partial charge is 0.746 e. The summed E-state index contributed by atoms with van der Waals surface area (Å²) in [5, 5.41) is 25.8. The zero-order valence-electron chi connectivity index (χ0n) is 11.6. The Bertz CT molecular complexity index is 488. The van der Waals surface area contributed by atoms with Gasteiger partial charge in [0.15, 0.2) is 5.60 Å². The molecule has 0 radical (unpaired) electrons. The fourth-order valence-corrected chi connectivity index (χ4v) is 1.21. The third-order valence-corrected chi connectivity index (χ3v) is 2.03. The number of hydrogen-bond acceptors (Lipinski definition) is 10. The van der Waals surface area contributed by atoms with E-state index in [4.69, 9.17) is 20.1 Å². The molecule has 8 N–H and O–H groups in total. The fraction of sp³-hybridized carbons (Fsp3) is 0.429. The van der Waals surface area contributed by atoms with Gasteiger partial charge in [-0.15, -0.1) is 0 Å². The monoisotopic (exact) mass is 370 g/mol. The van der Waals surface area contributed by atoms with E-state index in [0.29, 0.717) is 0 Å². The van der Waals surface area contributed by atoms with Gasteiger partial charge in [-0.05, 0) is 0 Å². The molecule has 0 fully saturated rings. The van der Waals surface area contributed by atoms with Crippen LogP contribution in [-0.4, -0.2) is 49.9 Å². The molecule has 0 heterocycles. The molecule has 0 rings (SSSR count). The van der Waals surface area contributed by atoms with Gasteiger partial charge in [-0.1, -0.05) is 0 Å². The summed E-state index contributed by atoms with van der Waals surface area (Å²) >= 11 is 0. The van der Waals surface area contributed by atoms with E-state index in [1.807, 2.05) is 0 Å². The van der Waals surface area contributed by atoms with Crippen molar-refractivity contribution in [3.63, 3.8) is 0 Å². The summed E-state index contributed by atoms with van der Waals surface area (Å²) in [6, 6.07) is -0.833. The number of phosphoric ester groups is 1. The van der Waals surface area contributed by atoms with Gasteiger partial charge < -0.3 is 40.9 Å². The van der Waals surface area contributed by atoms with Crippen molar-refractivity contribution in [3.05, 3.63) is 0 Å². The zero-order chi connectivity index (χ0) is 18.1. The second kappa shape index (κ2) is 11.3. The van der Waals surface area contributed by atoms with Crippen molar-refractivity contribution >= 4 is 31.8 Å². The van der Waals surface area contributed by atoms with Crippen molar-refractivity contribution < 1.29 is 88.0 Å². The Balaban J connectivity index is -0.000000712. The molecule has 16 heteroatoms. The van der Waals surface area contributed by atoms with E-state index in [0.717, 1.165) is 0 Å². The van der Waals surface area contributed by atoms with Crippen LogP contribution in [0.3, 0.4) is 0 Å². The Morgan fingerprint density at radius 2 is 1.48 bits per heavy atom. The molecule has 0 bridgehead atoms. The van der Waals surface area contributed by atoms with Crippen LogP contribution in [0.25, 0.3) is 0 Å². The number of amides is 2. The predicted octanol–water partition coefficient (Wildman–Crippen LogP) is -6.37. The first-order chi connectivity index (χ1) is 9.73. The van der Waals surface area contributed by atoms with E-state index < -0.39 is 50.2 Å². The predicted molar refractivity (Wildman–Crippen MR) is 60.2 cm³/mol. The van der Waals surface area contributed by atoms with Crippen LogP contribution >= 0.6 is 7.82 Å². The maximum Gasteiger partial charge on any atom is 1.00 e. The van der Waals surface area contributed by atoms with Crippen molar-refractivity contribution in [2.75, 3.05) is 0 Å². The van der Waals surface area contributed by atoms with Crippen LogP contribution in [0.1, 0.15) is 12.8 Å². The Kier molecular flexibility index (Phi) is 13.1. The average Bonchev–Trinajstić information content (AvgIpc) is 2.24. The van der Waals surface area contributed by atoms with E-state index in [-0.39, 0.29) is 29.6 Å². The van der Waals surface area contributed by atoms with Crippen molar-refractivity contribution in [3.8, 4) is 0 Å². The number of primary amides is 2. The molecule has 0 aliphatic heterocycles. The summed E-state index contributed by atoms with van der Waals surface area (Å²) in [6.45, 7) is 0. The first kappa shape index (κ1) is 26.6. The van der Waals surface area contributed by atoms with Crippen LogP contribution in [0, 0.1) is 0 Å². The van der Waals surface area contributed by atoms with Crippen LogP contribution < -0.4 is 45.9 Å². The van der Waals surface area contributed by atoms with Gasteiger partial charge in [0, 0.05) is 0 Å². The number of hydrogen-bond donors (Lipinski definition) is 6. The summed E-state index contributed by atoms with van der Waals surface area (Å²) in [4.78, 5) is 62.5. The Morgan fingerprint density at radius 1 is 1.13 bits per heavy atom. The van der Waals surface area contributed by atoms with Crippen LogP contribution in [0.2, 0.25) is 0 Å². The third kappa shape index (κ3) is 15.4. The minimum atomic E-state index is -5.45. The molecule has 23 heavy (non-hydrogen) atoms. The van der Waals surface area contributed by atoms with E-state index in [9.17, 15) is 28.9 Å². The maximum absolute atomic E-state index is 10.9. The fourth-order valence-electron chi connectivity index (χ4n) is 0.885. The van der Waals surface area contributed by atoms with Crippen LogP contribution in [0.15, 0.2) is 0 Å². The maximum atomic E-state index is 10.9.